The standard InChI is InChI=1S/C26H32Cl2N4O3/c1-15(2)9-24(34)32-21-8-5-16(25(35)30-14-26(3,4)13-29)10-20(21)31-23(33)12-22(32)18-7-6-17(27)11-19(18)28/h5-8,10-11,15,22H,9,12-14,29H2,1-4H3,(H,30,35)(H,31,33). The summed E-state index contributed by atoms with van der Waals surface area (Å²) in [6, 6.07) is 9.34. The van der Waals surface area contributed by atoms with Crippen LogP contribution in [0.15, 0.2) is 36.4 Å². The molecular weight excluding hydrogens is 487 g/mol. The van der Waals surface area contributed by atoms with Crippen molar-refractivity contribution in [2.75, 3.05) is 23.3 Å². The maximum atomic E-state index is 13.5. The van der Waals surface area contributed by atoms with Gasteiger partial charge in [0.05, 0.1) is 23.8 Å². The first-order valence-electron chi connectivity index (χ1n) is 11.6. The van der Waals surface area contributed by atoms with Gasteiger partial charge in [0.25, 0.3) is 5.91 Å². The summed E-state index contributed by atoms with van der Waals surface area (Å²) in [7, 11) is 0. The van der Waals surface area contributed by atoms with Crippen LogP contribution < -0.4 is 21.3 Å². The number of halogens is 2. The van der Waals surface area contributed by atoms with Crippen LogP contribution in [0.3, 0.4) is 0 Å². The molecule has 9 heteroatoms. The number of nitrogens with two attached hydrogens (primary N) is 1. The van der Waals surface area contributed by atoms with Gasteiger partial charge in [-0.15, -0.1) is 0 Å². The molecule has 1 heterocycles. The Balaban J connectivity index is 2.05. The molecule has 188 valence electrons. The van der Waals surface area contributed by atoms with E-state index in [0.29, 0.717) is 45.6 Å². The predicted octanol–water partition coefficient (Wildman–Crippen LogP) is 5.17. The zero-order chi connectivity index (χ0) is 25.9. The number of amides is 3. The molecule has 2 aromatic rings. The lowest BCUT2D eigenvalue weighted by Gasteiger charge is -2.32. The molecule has 3 amide bonds. The van der Waals surface area contributed by atoms with Crippen LogP contribution >= 0.6 is 23.2 Å². The Bertz CT molecular complexity index is 1130. The summed E-state index contributed by atoms with van der Waals surface area (Å²) in [6.07, 6.45) is 0.290. The molecule has 0 aliphatic carbocycles. The highest BCUT2D eigenvalue weighted by Gasteiger charge is 2.35. The van der Waals surface area contributed by atoms with Crippen LogP contribution in [-0.4, -0.2) is 30.8 Å². The van der Waals surface area contributed by atoms with Crippen molar-refractivity contribution < 1.29 is 14.4 Å². The lowest BCUT2D eigenvalue weighted by atomic mass is 9.94. The van der Waals surface area contributed by atoms with Gasteiger partial charge in [0, 0.05) is 28.6 Å². The van der Waals surface area contributed by atoms with E-state index in [-0.39, 0.29) is 41.9 Å². The topological polar surface area (TPSA) is 105 Å². The lowest BCUT2D eigenvalue weighted by Crippen LogP contribution is -2.38. The van der Waals surface area contributed by atoms with Gasteiger partial charge in [-0.3, -0.25) is 14.4 Å². The van der Waals surface area contributed by atoms with Crippen molar-refractivity contribution in [3.05, 3.63) is 57.6 Å². The number of fused-ring (bicyclic) bond motifs is 1. The van der Waals surface area contributed by atoms with E-state index in [1.165, 1.54) is 0 Å². The zero-order valence-corrected chi connectivity index (χ0v) is 22.0. The van der Waals surface area contributed by atoms with Crippen molar-refractivity contribution in [3.8, 4) is 0 Å². The fourth-order valence-corrected chi connectivity index (χ4v) is 4.43. The molecular formula is C26H32Cl2N4O3. The van der Waals surface area contributed by atoms with Crippen molar-refractivity contribution in [1.29, 1.82) is 0 Å². The van der Waals surface area contributed by atoms with Crippen molar-refractivity contribution in [3.63, 3.8) is 0 Å². The largest absolute Gasteiger partial charge is 0.351 e. The molecule has 0 aromatic heterocycles. The molecule has 0 spiro atoms. The maximum absolute atomic E-state index is 13.5. The number of carbonyl (C=O) groups excluding carboxylic acids is 3. The van der Waals surface area contributed by atoms with E-state index in [1.54, 1.807) is 41.3 Å². The molecule has 1 atom stereocenters. The van der Waals surface area contributed by atoms with E-state index in [2.05, 4.69) is 10.6 Å². The smallest absolute Gasteiger partial charge is 0.251 e. The number of rotatable bonds is 7. The minimum Gasteiger partial charge on any atom is -0.351 e. The van der Waals surface area contributed by atoms with E-state index >= 15 is 0 Å². The molecule has 4 N–H and O–H groups in total. The molecule has 3 rings (SSSR count). The third-order valence-electron chi connectivity index (χ3n) is 5.94. The minimum atomic E-state index is -0.628. The molecule has 0 radical (unpaired) electrons. The Morgan fingerprint density at radius 1 is 1.20 bits per heavy atom. The van der Waals surface area contributed by atoms with Gasteiger partial charge in [-0.2, -0.15) is 0 Å². The van der Waals surface area contributed by atoms with Crippen LogP contribution in [-0.2, 0) is 9.59 Å². The maximum Gasteiger partial charge on any atom is 0.251 e. The summed E-state index contributed by atoms with van der Waals surface area (Å²) < 4.78 is 0. The molecule has 0 saturated heterocycles. The van der Waals surface area contributed by atoms with Crippen molar-refractivity contribution >= 4 is 52.3 Å². The summed E-state index contributed by atoms with van der Waals surface area (Å²) in [6.45, 7) is 8.67. The SMILES string of the molecule is CC(C)CC(=O)N1c2ccc(C(=O)NCC(C)(C)CN)cc2NC(=O)CC1c1ccc(Cl)cc1Cl. The number of hydrogen-bond donors (Lipinski definition) is 3. The van der Waals surface area contributed by atoms with E-state index in [1.807, 2.05) is 27.7 Å². The molecule has 1 aliphatic rings. The number of anilines is 2. The molecule has 1 unspecified atom stereocenters. The van der Waals surface area contributed by atoms with Crippen LogP contribution in [0.5, 0.6) is 0 Å². The monoisotopic (exact) mass is 518 g/mol. The van der Waals surface area contributed by atoms with Crippen LogP contribution in [0.1, 0.15) is 62.5 Å². The number of hydrogen-bond acceptors (Lipinski definition) is 4. The second kappa shape index (κ2) is 11.0. The Kier molecular flexibility index (Phi) is 8.46. The number of benzene rings is 2. The highest BCUT2D eigenvalue weighted by molar-refractivity contribution is 6.35. The minimum absolute atomic E-state index is 0.00604. The van der Waals surface area contributed by atoms with Crippen molar-refractivity contribution in [2.24, 2.45) is 17.1 Å². The molecule has 0 bridgehead atoms. The fraction of sp³-hybridized carbons (Fsp3) is 0.423. The number of carbonyl (C=O) groups is 3. The van der Waals surface area contributed by atoms with E-state index < -0.39 is 6.04 Å². The highest BCUT2D eigenvalue weighted by Crippen LogP contribution is 2.41. The zero-order valence-electron chi connectivity index (χ0n) is 20.5. The van der Waals surface area contributed by atoms with E-state index in [9.17, 15) is 14.4 Å². The number of nitrogens with zero attached hydrogens (tertiary/aromatic N) is 1. The van der Waals surface area contributed by atoms with Crippen LogP contribution in [0, 0.1) is 11.3 Å². The predicted molar refractivity (Wildman–Crippen MR) is 141 cm³/mol. The summed E-state index contributed by atoms with van der Waals surface area (Å²) in [5.41, 5.74) is 7.41. The van der Waals surface area contributed by atoms with E-state index in [0.717, 1.165) is 0 Å². The summed E-state index contributed by atoms with van der Waals surface area (Å²) >= 11 is 12.6. The highest BCUT2D eigenvalue weighted by atomic mass is 35.5. The van der Waals surface area contributed by atoms with Crippen LogP contribution in [0.4, 0.5) is 11.4 Å². The van der Waals surface area contributed by atoms with Gasteiger partial charge in [0.2, 0.25) is 11.8 Å². The summed E-state index contributed by atoms with van der Waals surface area (Å²) in [5.74, 6) is -0.611. The summed E-state index contributed by atoms with van der Waals surface area (Å²) in [4.78, 5) is 40.8. The Hall–Kier alpha value is -2.61. The normalized spacial score (nSPS) is 15.9. The van der Waals surface area contributed by atoms with Gasteiger partial charge in [0.1, 0.15) is 0 Å². The van der Waals surface area contributed by atoms with Crippen LogP contribution in [0.25, 0.3) is 0 Å². The third kappa shape index (κ3) is 6.54. The second-order valence-electron chi connectivity index (χ2n) is 10.1. The molecule has 35 heavy (non-hydrogen) atoms. The van der Waals surface area contributed by atoms with Gasteiger partial charge in [-0.1, -0.05) is 57.0 Å². The molecule has 0 saturated carbocycles. The van der Waals surface area contributed by atoms with E-state index in [4.69, 9.17) is 28.9 Å². The lowest BCUT2D eigenvalue weighted by molar-refractivity contribution is -0.120. The average Bonchev–Trinajstić information content (AvgIpc) is 2.92. The Labute approximate surface area is 216 Å². The quantitative estimate of drug-likeness (QED) is 0.470. The first-order valence-corrected chi connectivity index (χ1v) is 12.4. The third-order valence-corrected chi connectivity index (χ3v) is 6.50. The Morgan fingerprint density at radius 2 is 1.91 bits per heavy atom. The van der Waals surface area contributed by atoms with Crippen molar-refractivity contribution in [1.82, 2.24) is 5.32 Å². The molecule has 1 aliphatic heterocycles. The van der Waals surface area contributed by atoms with Crippen LogP contribution in [0.2, 0.25) is 10.0 Å². The van der Waals surface area contributed by atoms with Gasteiger partial charge < -0.3 is 21.3 Å². The average molecular weight is 519 g/mol. The first kappa shape index (κ1) is 27.0. The van der Waals surface area contributed by atoms with Gasteiger partial charge in [-0.05, 0) is 53.8 Å². The second-order valence-corrected chi connectivity index (χ2v) is 10.9. The Morgan fingerprint density at radius 3 is 2.54 bits per heavy atom. The first-order chi connectivity index (χ1) is 16.4. The molecule has 2 aromatic carbocycles. The van der Waals surface area contributed by atoms with Crippen molar-refractivity contribution in [2.45, 2.75) is 46.6 Å². The van der Waals surface area contributed by atoms with Gasteiger partial charge >= 0.3 is 0 Å². The summed E-state index contributed by atoms with van der Waals surface area (Å²) in [5, 5.41) is 6.60. The molecule has 0 fully saturated rings. The van der Waals surface area contributed by atoms with Gasteiger partial charge in [0.15, 0.2) is 0 Å². The fourth-order valence-electron chi connectivity index (χ4n) is 3.89. The molecule has 7 nitrogen and oxygen atoms in total. The number of nitrogens with one attached hydrogen (secondary N) is 2. The van der Waals surface area contributed by atoms with Gasteiger partial charge in [-0.25, -0.2) is 0 Å².